The van der Waals surface area contributed by atoms with Gasteiger partial charge in [-0.3, -0.25) is 30.9 Å². The first-order valence-electron chi connectivity index (χ1n) is 8.94. The first kappa shape index (κ1) is 27.2. The number of carboxylic acids is 3. The largest absolute Gasteiger partial charge is 0.480 e. The highest BCUT2D eigenvalue weighted by Gasteiger charge is 2.28. The molecule has 2 atom stereocenters. The fourth-order valence-electron chi connectivity index (χ4n) is 2.19. The molecule has 0 aromatic rings. The molecule has 0 aliphatic heterocycles. The molecule has 2 amide bonds. The number of hydrogen-bond acceptors (Lipinski definition) is 9. The van der Waals surface area contributed by atoms with Crippen LogP contribution in [0.15, 0.2) is 0 Å². The summed E-state index contributed by atoms with van der Waals surface area (Å²) in [6, 6.07) is -2.91. The predicted octanol–water partition coefficient (Wildman–Crippen LogP) is -4.16. The van der Waals surface area contributed by atoms with Crippen molar-refractivity contribution in [1.29, 1.82) is 0 Å². The van der Waals surface area contributed by atoms with Gasteiger partial charge in [-0.15, -0.1) is 0 Å². The molecule has 0 aliphatic carbocycles. The number of carbonyl (C=O) groups is 5. The van der Waals surface area contributed by atoms with E-state index in [1.54, 1.807) is 0 Å². The SMILES string of the molecule is CN(C)C(=O)C(NCCNC(NCCNC(C(=O)O)C(=O)N(C)C)C(=O)O)C(=O)O. The fraction of sp³-hybridized carbons (Fsp3) is 0.688. The number of nitrogens with zero attached hydrogens (tertiary/aromatic N) is 2. The smallest absolute Gasteiger partial charge is 0.335 e. The van der Waals surface area contributed by atoms with Crippen LogP contribution in [0.5, 0.6) is 0 Å². The minimum atomic E-state index is -1.45. The predicted molar refractivity (Wildman–Crippen MR) is 104 cm³/mol. The van der Waals surface area contributed by atoms with Crippen LogP contribution in [0.3, 0.4) is 0 Å². The lowest BCUT2D eigenvalue weighted by atomic mass is 10.2. The van der Waals surface area contributed by atoms with Crippen LogP contribution in [-0.4, -0.2) is 127 Å². The maximum Gasteiger partial charge on any atom is 0.335 e. The second-order valence-electron chi connectivity index (χ2n) is 6.60. The van der Waals surface area contributed by atoms with Gasteiger partial charge in [-0.1, -0.05) is 0 Å². The summed E-state index contributed by atoms with van der Waals surface area (Å²) in [7, 11) is 5.66. The van der Waals surface area contributed by atoms with Crippen molar-refractivity contribution in [3.05, 3.63) is 0 Å². The van der Waals surface area contributed by atoms with Gasteiger partial charge < -0.3 is 25.1 Å². The number of rotatable bonds is 15. The van der Waals surface area contributed by atoms with Gasteiger partial charge in [0.05, 0.1) is 0 Å². The number of likely N-dealkylation sites (N-methyl/N-ethyl adjacent to an activating group) is 2. The lowest BCUT2D eigenvalue weighted by Gasteiger charge is -2.21. The van der Waals surface area contributed by atoms with Gasteiger partial charge in [0.25, 0.3) is 11.8 Å². The molecule has 0 heterocycles. The lowest BCUT2D eigenvalue weighted by molar-refractivity contribution is -0.148. The van der Waals surface area contributed by atoms with E-state index in [2.05, 4.69) is 21.3 Å². The normalized spacial score (nSPS) is 13.7. The zero-order valence-corrected chi connectivity index (χ0v) is 17.3. The van der Waals surface area contributed by atoms with E-state index in [4.69, 9.17) is 10.2 Å². The Kier molecular flexibility index (Phi) is 12.2. The van der Waals surface area contributed by atoms with Crippen LogP contribution in [0.1, 0.15) is 0 Å². The van der Waals surface area contributed by atoms with Crippen LogP contribution in [0.2, 0.25) is 0 Å². The Morgan fingerprint density at radius 2 is 0.900 bits per heavy atom. The molecule has 30 heavy (non-hydrogen) atoms. The quantitative estimate of drug-likeness (QED) is 0.0746. The molecule has 0 rings (SSSR count). The van der Waals surface area contributed by atoms with E-state index in [0.717, 1.165) is 9.80 Å². The van der Waals surface area contributed by atoms with Crippen LogP contribution in [0.25, 0.3) is 0 Å². The summed E-state index contributed by atoms with van der Waals surface area (Å²) >= 11 is 0. The van der Waals surface area contributed by atoms with E-state index in [-0.39, 0.29) is 26.2 Å². The van der Waals surface area contributed by atoms with Gasteiger partial charge in [0.1, 0.15) is 0 Å². The summed E-state index contributed by atoms with van der Waals surface area (Å²) in [5, 5.41) is 37.7. The topological polar surface area (TPSA) is 201 Å². The van der Waals surface area contributed by atoms with E-state index in [1.165, 1.54) is 28.2 Å². The van der Waals surface area contributed by atoms with Crippen molar-refractivity contribution in [1.82, 2.24) is 31.1 Å². The van der Waals surface area contributed by atoms with Crippen molar-refractivity contribution in [3.8, 4) is 0 Å². The van der Waals surface area contributed by atoms with Gasteiger partial charge in [-0.05, 0) is 0 Å². The molecule has 14 heteroatoms. The average molecular weight is 434 g/mol. The highest BCUT2D eigenvalue weighted by molar-refractivity contribution is 6.01. The molecule has 172 valence electrons. The van der Waals surface area contributed by atoms with Crippen molar-refractivity contribution in [2.45, 2.75) is 18.2 Å². The van der Waals surface area contributed by atoms with E-state index in [9.17, 15) is 29.1 Å². The lowest BCUT2D eigenvalue weighted by Crippen LogP contribution is -2.55. The van der Waals surface area contributed by atoms with Gasteiger partial charge in [0.2, 0.25) is 0 Å². The Morgan fingerprint density at radius 1 is 0.600 bits per heavy atom. The van der Waals surface area contributed by atoms with Crippen LogP contribution in [0, 0.1) is 0 Å². The Morgan fingerprint density at radius 3 is 1.13 bits per heavy atom. The third kappa shape index (κ3) is 9.60. The zero-order valence-electron chi connectivity index (χ0n) is 17.3. The van der Waals surface area contributed by atoms with Crippen LogP contribution in [0.4, 0.5) is 0 Å². The number of hydrogen-bond donors (Lipinski definition) is 7. The molecule has 7 N–H and O–H groups in total. The Balaban J connectivity index is 4.47. The summed E-state index contributed by atoms with van der Waals surface area (Å²) < 4.78 is 0. The van der Waals surface area contributed by atoms with Crippen LogP contribution >= 0.6 is 0 Å². The Labute approximate surface area is 173 Å². The monoisotopic (exact) mass is 434 g/mol. The highest BCUT2D eigenvalue weighted by Crippen LogP contribution is 1.92. The average Bonchev–Trinajstić information content (AvgIpc) is 2.63. The molecule has 14 nitrogen and oxygen atoms in total. The van der Waals surface area contributed by atoms with Gasteiger partial charge >= 0.3 is 17.9 Å². The summed E-state index contributed by atoms with van der Waals surface area (Å²) in [4.78, 5) is 59.3. The maximum atomic E-state index is 11.8. The number of nitrogens with one attached hydrogen (secondary N) is 4. The van der Waals surface area contributed by atoms with E-state index in [0.29, 0.717) is 0 Å². The van der Waals surface area contributed by atoms with Crippen molar-refractivity contribution in [2.24, 2.45) is 0 Å². The molecule has 0 saturated heterocycles. The van der Waals surface area contributed by atoms with Crippen LogP contribution < -0.4 is 21.3 Å². The molecule has 0 fully saturated rings. The standard InChI is InChI=1S/C16H30N6O8/c1-21(2)12(23)9(14(25)26)17-5-7-19-11(16(29)30)20-8-6-18-10(15(27)28)13(24)22(3)4/h9-11,17-20H,5-8H2,1-4H3,(H,25,26)(H,27,28)(H,29,30). The number of carbonyl (C=O) groups excluding carboxylic acids is 2. The number of carboxylic acid groups (broad SMARTS) is 3. The van der Waals surface area contributed by atoms with Gasteiger partial charge in [0.15, 0.2) is 18.2 Å². The van der Waals surface area contributed by atoms with Gasteiger partial charge in [0, 0.05) is 54.4 Å². The van der Waals surface area contributed by atoms with Crippen molar-refractivity contribution in [2.75, 3.05) is 54.4 Å². The van der Waals surface area contributed by atoms with Crippen molar-refractivity contribution in [3.63, 3.8) is 0 Å². The van der Waals surface area contributed by atoms with Crippen molar-refractivity contribution < 1.29 is 39.3 Å². The molecule has 0 saturated carbocycles. The summed E-state index contributed by atoms with van der Waals surface area (Å²) in [6.45, 7) is 0.0505. The van der Waals surface area contributed by atoms with Crippen molar-refractivity contribution >= 4 is 29.7 Å². The van der Waals surface area contributed by atoms with Gasteiger partial charge in [-0.25, -0.2) is 14.4 Å². The number of amides is 2. The first-order chi connectivity index (χ1) is 13.9. The molecule has 2 unspecified atom stereocenters. The Bertz CT molecular complexity index is 581. The van der Waals surface area contributed by atoms with Crippen LogP contribution in [-0.2, 0) is 24.0 Å². The molecule has 0 radical (unpaired) electrons. The Hall–Kier alpha value is -2.81. The second kappa shape index (κ2) is 13.4. The molecule has 0 aliphatic rings. The summed E-state index contributed by atoms with van der Waals surface area (Å²) in [6.07, 6.45) is -1.21. The minimum absolute atomic E-state index is 0.00131. The summed E-state index contributed by atoms with van der Waals surface area (Å²) in [5.74, 6) is -5.25. The van der Waals surface area contributed by atoms with Gasteiger partial charge in [-0.2, -0.15) is 0 Å². The van der Waals surface area contributed by atoms with E-state index in [1.807, 2.05) is 0 Å². The van der Waals surface area contributed by atoms with E-state index >= 15 is 0 Å². The molecule has 0 aromatic carbocycles. The third-order valence-electron chi connectivity index (χ3n) is 3.76. The molecule has 0 aromatic heterocycles. The fourth-order valence-corrected chi connectivity index (χ4v) is 2.19. The minimum Gasteiger partial charge on any atom is -0.480 e. The third-order valence-corrected chi connectivity index (χ3v) is 3.76. The molecular formula is C16H30N6O8. The molecular weight excluding hydrogens is 404 g/mol. The zero-order chi connectivity index (χ0) is 23.4. The molecule has 0 spiro atoms. The summed E-state index contributed by atoms with van der Waals surface area (Å²) in [5.41, 5.74) is 0. The maximum absolute atomic E-state index is 11.8. The molecule has 0 bridgehead atoms. The second-order valence-corrected chi connectivity index (χ2v) is 6.60. The van der Waals surface area contributed by atoms with E-state index < -0.39 is 48.0 Å². The first-order valence-corrected chi connectivity index (χ1v) is 8.94. The number of aliphatic carboxylic acids is 3. The highest BCUT2D eigenvalue weighted by atomic mass is 16.4.